The van der Waals surface area contributed by atoms with Crippen molar-refractivity contribution in [1.29, 1.82) is 0 Å². The van der Waals surface area contributed by atoms with Crippen LogP contribution in [-0.4, -0.2) is 11.7 Å². The number of unbranched alkanes of at least 4 members (excludes halogenated alkanes) is 18. The van der Waals surface area contributed by atoms with Gasteiger partial charge in [-0.25, -0.2) is 0 Å². The van der Waals surface area contributed by atoms with Gasteiger partial charge in [-0.15, -0.1) is 0 Å². The first-order chi connectivity index (χ1) is 19.3. The van der Waals surface area contributed by atoms with Gasteiger partial charge in [0, 0.05) is 6.61 Å². The highest BCUT2D eigenvalue weighted by molar-refractivity contribution is 4.93. The molecule has 0 amide bonds. The van der Waals surface area contributed by atoms with E-state index in [1.807, 2.05) is 0 Å². The third-order valence-electron chi connectivity index (χ3n) is 7.88. The summed E-state index contributed by atoms with van der Waals surface area (Å²) in [6.45, 7) is 4.92. The third-order valence-corrected chi connectivity index (χ3v) is 7.88. The zero-order valence-corrected chi connectivity index (χ0v) is 26.7. The van der Waals surface area contributed by atoms with E-state index in [1.54, 1.807) is 0 Å². The smallest absolute Gasteiger partial charge is 0.0459 e. The molecule has 0 aromatic rings. The van der Waals surface area contributed by atoms with Crippen LogP contribution in [0.25, 0.3) is 0 Å². The molecular weight excluding hydrogens is 472 g/mol. The van der Waals surface area contributed by atoms with Crippen LogP contribution in [0, 0.1) is 5.92 Å². The number of allylic oxidation sites excluding steroid dienone is 8. The van der Waals surface area contributed by atoms with Crippen LogP contribution >= 0.6 is 0 Å². The van der Waals surface area contributed by atoms with Gasteiger partial charge in [0.25, 0.3) is 0 Å². The number of aliphatic hydroxyl groups is 1. The molecule has 0 bridgehead atoms. The van der Waals surface area contributed by atoms with E-state index in [0.29, 0.717) is 12.5 Å². The zero-order chi connectivity index (χ0) is 28.3. The summed E-state index contributed by atoms with van der Waals surface area (Å²) < 4.78 is 0. The van der Waals surface area contributed by atoms with Crippen molar-refractivity contribution in [3.63, 3.8) is 0 Å². The lowest BCUT2D eigenvalue weighted by atomic mass is 9.95. The van der Waals surface area contributed by atoms with Crippen molar-refractivity contribution in [3.8, 4) is 0 Å². The lowest BCUT2D eigenvalue weighted by Crippen LogP contribution is -2.06. The van der Waals surface area contributed by atoms with Crippen LogP contribution in [0.4, 0.5) is 0 Å². The van der Waals surface area contributed by atoms with Crippen molar-refractivity contribution >= 4 is 0 Å². The lowest BCUT2D eigenvalue weighted by Gasteiger charge is -2.13. The number of hydrogen-bond donors (Lipinski definition) is 1. The minimum absolute atomic E-state index is 0.389. The Labute approximate surface area is 246 Å². The fraction of sp³-hybridized carbons (Fsp3) is 0.789. The Bertz CT molecular complexity index is 507. The topological polar surface area (TPSA) is 20.2 Å². The monoisotopic (exact) mass is 543 g/mol. The summed E-state index contributed by atoms with van der Waals surface area (Å²) in [5.41, 5.74) is 0. The van der Waals surface area contributed by atoms with Crippen molar-refractivity contribution in [1.82, 2.24) is 0 Å². The van der Waals surface area contributed by atoms with Crippen LogP contribution in [0.2, 0.25) is 0 Å². The highest BCUT2D eigenvalue weighted by atomic mass is 16.3. The van der Waals surface area contributed by atoms with Crippen molar-refractivity contribution in [2.75, 3.05) is 6.61 Å². The summed E-state index contributed by atoms with van der Waals surface area (Å²) in [7, 11) is 0. The molecule has 0 atom stereocenters. The van der Waals surface area contributed by atoms with E-state index >= 15 is 0 Å². The molecule has 0 heterocycles. The molecular formula is C38H70O. The first-order valence-electron chi connectivity index (χ1n) is 17.6. The minimum atomic E-state index is 0.389. The van der Waals surface area contributed by atoms with Crippen LogP contribution in [0.5, 0.6) is 0 Å². The van der Waals surface area contributed by atoms with Gasteiger partial charge in [0.15, 0.2) is 0 Å². The summed E-state index contributed by atoms with van der Waals surface area (Å²) in [4.78, 5) is 0. The van der Waals surface area contributed by atoms with Gasteiger partial charge in [-0.1, -0.05) is 152 Å². The molecule has 0 unspecified atom stereocenters. The second-order valence-corrected chi connectivity index (χ2v) is 11.8. The van der Waals surface area contributed by atoms with Gasteiger partial charge in [0.2, 0.25) is 0 Å². The number of hydrogen-bond acceptors (Lipinski definition) is 1. The standard InChI is InChI=1S/C38H70O/c1-3-5-7-9-11-13-15-17-19-21-23-25-27-29-31-33-35-38(37-39)36-34-32-30-28-26-24-22-20-18-16-14-12-10-8-6-4-2/h11-14,17-20,38-39H,3-10,15-16,21-37H2,1-2H3/b13-11-,14-12-,19-17-,20-18-. The van der Waals surface area contributed by atoms with Gasteiger partial charge in [-0.05, 0) is 83.0 Å². The maximum Gasteiger partial charge on any atom is 0.0459 e. The average molecular weight is 543 g/mol. The highest BCUT2D eigenvalue weighted by Gasteiger charge is 2.07. The Morgan fingerprint density at radius 3 is 1.03 bits per heavy atom. The predicted molar refractivity (Wildman–Crippen MR) is 179 cm³/mol. The quantitative estimate of drug-likeness (QED) is 0.0682. The van der Waals surface area contributed by atoms with Crippen LogP contribution in [0.1, 0.15) is 181 Å². The fourth-order valence-electron chi connectivity index (χ4n) is 5.17. The highest BCUT2D eigenvalue weighted by Crippen LogP contribution is 2.19. The van der Waals surface area contributed by atoms with Crippen LogP contribution < -0.4 is 0 Å². The minimum Gasteiger partial charge on any atom is -0.396 e. The molecule has 0 aliphatic carbocycles. The van der Waals surface area contributed by atoms with E-state index in [-0.39, 0.29) is 0 Å². The molecule has 228 valence electrons. The van der Waals surface area contributed by atoms with Gasteiger partial charge in [0.05, 0.1) is 0 Å². The van der Waals surface area contributed by atoms with E-state index in [2.05, 4.69) is 62.5 Å². The summed E-state index contributed by atoms with van der Waals surface area (Å²) >= 11 is 0. The van der Waals surface area contributed by atoms with Crippen molar-refractivity contribution in [2.24, 2.45) is 5.92 Å². The van der Waals surface area contributed by atoms with Crippen LogP contribution in [0.3, 0.4) is 0 Å². The summed E-state index contributed by atoms with van der Waals surface area (Å²) in [5, 5.41) is 9.76. The number of rotatable bonds is 31. The Balaban J connectivity index is 3.41. The second kappa shape index (κ2) is 34.9. The fourth-order valence-corrected chi connectivity index (χ4v) is 5.17. The second-order valence-electron chi connectivity index (χ2n) is 11.8. The van der Waals surface area contributed by atoms with Crippen LogP contribution in [0.15, 0.2) is 48.6 Å². The zero-order valence-electron chi connectivity index (χ0n) is 26.7. The first-order valence-corrected chi connectivity index (χ1v) is 17.6. The molecule has 0 radical (unpaired) electrons. The van der Waals surface area contributed by atoms with Crippen molar-refractivity contribution in [2.45, 2.75) is 181 Å². The van der Waals surface area contributed by atoms with E-state index in [1.165, 1.54) is 154 Å². The Morgan fingerprint density at radius 2 is 0.692 bits per heavy atom. The largest absolute Gasteiger partial charge is 0.396 e. The molecule has 0 aliphatic heterocycles. The molecule has 1 heteroatoms. The molecule has 0 saturated heterocycles. The molecule has 0 aliphatic rings. The summed E-state index contributed by atoms with van der Waals surface area (Å²) in [6.07, 6.45) is 52.6. The van der Waals surface area contributed by atoms with Crippen molar-refractivity contribution < 1.29 is 5.11 Å². The Morgan fingerprint density at radius 1 is 0.385 bits per heavy atom. The molecule has 0 spiro atoms. The third kappa shape index (κ3) is 33.0. The van der Waals surface area contributed by atoms with Gasteiger partial charge < -0.3 is 5.11 Å². The molecule has 0 fully saturated rings. The van der Waals surface area contributed by atoms with Gasteiger partial charge in [-0.2, -0.15) is 0 Å². The molecule has 0 aromatic carbocycles. The van der Waals surface area contributed by atoms with Gasteiger partial charge >= 0.3 is 0 Å². The maximum atomic E-state index is 9.76. The average Bonchev–Trinajstić information content (AvgIpc) is 2.95. The molecule has 39 heavy (non-hydrogen) atoms. The molecule has 1 nitrogen and oxygen atoms in total. The SMILES string of the molecule is CCCCC/C=C\C/C=C\CCCCCCCCC(CO)CCCCCCCC/C=C\C/C=C\CCCCC. The molecule has 0 aromatic heterocycles. The number of aliphatic hydroxyl groups excluding tert-OH is 1. The lowest BCUT2D eigenvalue weighted by molar-refractivity contribution is 0.204. The van der Waals surface area contributed by atoms with Gasteiger partial charge in [0.1, 0.15) is 0 Å². The molecule has 1 N–H and O–H groups in total. The van der Waals surface area contributed by atoms with E-state index in [4.69, 9.17) is 0 Å². The molecule has 0 rings (SSSR count). The van der Waals surface area contributed by atoms with E-state index in [0.717, 1.165) is 12.8 Å². The van der Waals surface area contributed by atoms with E-state index in [9.17, 15) is 5.11 Å². The van der Waals surface area contributed by atoms with Crippen LogP contribution in [-0.2, 0) is 0 Å². The normalized spacial score (nSPS) is 12.5. The Hall–Kier alpha value is -1.08. The summed E-state index contributed by atoms with van der Waals surface area (Å²) in [5.74, 6) is 0.543. The van der Waals surface area contributed by atoms with E-state index < -0.39 is 0 Å². The van der Waals surface area contributed by atoms with Gasteiger partial charge in [-0.3, -0.25) is 0 Å². The van der Waals surface area contributed by atoms with Crippen molar-refractivity contribution in [3.05, 3.63) is 48.6 Å². The first kappa shape index (κ1) is 37.9. The predicted octanol–water partition coefficient (Wildman–Crippen LogP) is 13.0. The summed E-state index contributed by atoms with van der Waals surface area (Å²) in [6, 6.07) is 0. The molecule has 0 saturated carbocycles. The Kier molecular flexibility index (Phi) is 34.0. The maximum absolute atomic E-state index is 9.76.